The number of sulfonamides is 1. The lowest BCUT2D eigenvalue weighted by Gasteiger charge is -2.39. The number of piperidine rings is 1. The van der Waals surface area contributed by atoms with Gasteiger partial charge in [0.15, 0.2) is 5.79 Å². The highest BCUT2D eigenvalue weighted by Crippen LogP contribution is 2.39. The van der Waals surface area contributed by atoms with Crippen LogP contribution in [0.5, 0.6) is 0 Å². The van der Waals surface area contributed by atoms with E-state index in [-0.39, 0.29) is 18.4 Å². The van der Waals surface area contributed by atoms with Gasteiger partial charge in [0.05, 0.1) is 13.2 Å². The normalized spacial score (nSPS) is 27.2. The lowest BCUT2D eigenvalue weighted by atomic mass is 10.0. The lowest BCUT2D eigenvalue weighted by molar-refractivity contribution is -0.169. The molecule has 3 aliphatic rings. The molecule has 33 heavy (non-hydrogen) atoms. The Kier molecular flexibility index (Phi) is 6.20. The van der Waals surface area contributed by atoms with Crippen LogP contribution >= 0.6 is 0 Å². The van der Waals surface area contributed by atoms with Gasteiger partial charge in [-0.25, -0.2) is 12.8 Å². The molecule has 3 saturated heterocycles. The quantitative estimate of drug-likeness (QED) is 0.664. The minimum atomic E-state index is -3.60. The molecule has 2 aromatic carbocycles. The molecule has 0 aromatic heterocycles. The molecular weight excluding hydrogens is 443 g/mol. The van der Waals surface area contributed by atoms with Gasteiger partial charge in [0, 0.05) is 49.8 Å². The van der Waals surface area contributed by atoms with Gasteiger partial charge in [-0.2, -0.15) is 4.31 Å². The van der Waals surface area contributed by atoms with Crippen molar-refractivity contribution in [2.24, 2.45) is 0 Å². The Labute approximate surface area is 195 Å². The number of hydrogen-bond acceptors (Lipinski definition) is 5. The molecule has 2 unspecified atom stereocenters. The first-order chi connectivity index (χ1) is 15.9. The number of hydrogen-bond donors (Lipinski definition) is 0. The van der Waals surface area contributed by atoms with Crippen LogP contribution in [0.2, 0.25) is 0 Å². The smallest absolute Gasteiger partial charge is 0.221 e. The minimum absolute atomic E-state index is 0.0454. The van der Waals surface area contributed by atoms with Crippen LogP contribution in [0.25, 0.3) is 0 Å². The molecule has 6 nitrogen and oxygen atoms in total. The maximum absolute atomic E-state index is 15.2. The van der Waals surface area contributed by atoms with Crippen LogP contribution in [0.4, 0.5) is 10.1 Å². The molecular formula is C25H31FN2O4S. The zero-order valence-corrected chi connectivity index (χ0v) is 19.8. The van der Waals surface area contributed by atoms with Gasteiger partial charge < -0.3 is 14.4 Å². The summed E-state index contributed by atoms with van der Waals surface area (Å²) >= 11 is 0. The monoisotopic (exact) mass is 474 g/mol. The zero-order chi connectivity index (χ0) is 23.1. The molecule has 0 aliphatic carbocycles. The molecule has 0 N–H and O–H groups in total. The Bertz CT molecular complexity index is 1080. The average Bonchev–Trinajstić information content (AvgIpc) is 3.26. The molecule has 0 saturated carbocycles. The first-order valence-corrected chi connectivity index (χ1v) is 13.3. The summed E-state index contributed by atoms with van der Waals surface area (Å²) in [6.07, 6.45) is 2.83. The van der Waals surface area contributed by atoms with Gasteiger partial charge in [-0.1, -0.05) is 36.4 Å². The number of halogens is 1. The Morgan fingerprint density at radius 3 is 2.39 bits per heavy atom. The summed E-state index contributed by atoms with van der Waals surface area (Å²) in [6, 6.07) is 14.3. The fourth-order valence-corrected chi connectivity index (χ4v) is 7.46. The van der Waals surface area contributed by atoms with E-state index in [1.807, 2.05) is 43.3 Å². The molecule has 3 aliphatic heterocycles. The van der Waals surface area contributed by atoms with Crippen LogP contribution in [-0.2, 0) is 26.0 Å². The summed E-state index contributed by atoms with van der Waals surface area (Å²) in [7, 11) is -3.60. The summed E-state index contributed by atoms with van der Waals surface area (Å²) in [5, 5.41) is -0.585. The number of benzene rings is 2. The summed E-state index contributed by atoms with van der Waals surface area (Å²) in [5.41, 5.74) is 2.00. The summed E-state index contributed by atoms with van der Waals surface area (Å²) < 4.78 is 55.1. The SMILES string of the molecule is CC1CCC(c2ccccc2)S(=O)(=O)N1Cc1ccc(N2CCC3(CC2)OCCO3)cc1F. The Morgan fingerprint density at radius 2 is 1.73 bits per heavy atom. The summed E-state index contributed by atoms with van der Waals surface area (Å²) in [5.74, 6) is -0.839. The fourth-order valence-electron chi connectivity index (χ4n) is 5.27. The largest absolute Gasteiger partial charge is 0.371 e. The molecule has 1 spiro atoms. The standard InChI is InChI=1S/C25H31FN2O4S/c1-19-7-10-24(20-5-3-2-4-6-20)33(29,30)28(19)18-21-8-9-22(17-23(21)26)27-13-11-25(12-14-27)31-15-16-32-25/h2-6,8-9,17,19,24H,7,10-16,18H2,1H3. The minimum Gasteiger partial charge on any atom is -0.371 e. The van der Waals surface area contributed by atoms with E-state index >= 15 is 4.39 Å². The average molecular weight is 475 g/mol. The van der Waals surface area contributed by atoms with Crippen molar-refractivity contribution in [2.45, 2.75) is 56.2 Å². The van der Waals surface area contributed by atoms with Gasteiger partial charge in [0.2, 0.25) is 10.0 Å². The summed E-state index contributed by atoms with van der Waals surface area (Å²) in [6.45, 7) is 4.67. The highest BCUT2D eigenvalue weighted by Gasteiger charge is 2.41. The predicted molar refractivity (Wildman–Crippen MR) is 125 cm³/mol. The van der Waals surface area contributed by atoms with Crippen LogP contribution in [0, 0.1) is 5.82 Å². The number of ether oxygens (including phenoxy) is 2. The molecule has 0 amide bonds. The van der Waals surface area contributed by atoms with E-state index < -0.39 is 21.1 Å². The highest BCUT2D eigenvalue weighted by atomic mass is 32.2. The van der Waals surface area contributed by atoms with Gasteiger partial charge >= 0.3 is 0 Å². The fraction of sp³-hybridized carbons (Fsp3) is 0.520. The Hall–Kier alpha value is -2.00. The van der Waals surface area contributed by atoms with E-state index in [1.54, 1.807) is 6.07 Å². The molecule has 3 heterocycles. The number of rotatable bonds is 4. The third-order valence-corrected chi connectivity index (χ3v) is 9.63. The van der Waals surface area contributed by atoms with Gasteiger partial charge in [0.25, 0.3) is 0 Å². The van der Waals surface area contributed by atoms with E-state index in [0.717, 1.165) is 43.6 Å². The molecule has 0 bridgehead atoms. The molecule has 3 fully saturated rings. The van der Waals surface area contributed by atoms with Crippen molar-refractivity contribution in [2.75, 3.05) is 31.2 Å². The maximum atomic E-state index is 15.2. The van der Waals surface area contributed by atoms with E-state index in [4.69, 9.17) is 9.47 Å². The highest BCUT2D eigenvalue weighted by molar-refractivity contribution is 7.89. The van der Waals surface area contributed by atoms with Gasteiger partial charge in [-0.15, -0.1) is 0 Å². The molecule has 2 atom stereocenters. The predicted octanol–water partition coefficient (Wildman–Crippen LogP) is 4.22. The lowest BCUT2D eigenvalue weighted by Crippen LogP contribution is -2.45. The molecule has 178 valence electrons. The topological polar surface area (TPSA) is 59.1 Å². The third kappa shape index (κ3) is 4.41. The van der Waals surface area contributed by atoms with E-state index in [1.165, 1.54) is 10.4 Å². The third-order valence-electron chi connectivity index (χ3n) is 7.26. The van der Waals surface area contributed by atoms with Gasteiger partial charge in [0.1, 0.15) is 11.1 Å². The number of nitrogens with zero attached hydrogens (tertiary/aromatic N) is 2. The van der Waals surface area contributed by atoms with Crippen molar-refractivity contribution in [3.63, 3.8) is 0 Å². The molecule has 2 aromatic rings. The second kappa shape index (κ2) is 8.98. The van der Waals surface area contributed by atoms with Gasteiger partial charge in [-0.05, 0) is 37.5 Å². The Balaban J connectivity index is 1.31. The van der Waals surface area contributed by atoms with Crippen molar-refractivity contribution in [1.82, 2.24) is 4.31 Å². The van der Waals surface area contributed by atoms with Gasteiger partial charge in [-0.3, -0.25) is 0 Å². The van der Waals surface area contributed by atoms with Crippen molar-refractivity contribution in [3.8, 4) is 0 Å². The van der Waals surface area contributed by atoms with Crippen molar-refractivity contribution in [3.05, 3.63) is 65.5 Å². The second-order valence-corrected chi connectivity index (χ2v) is 11.4. The molecule has 8 heteroatoms. The number of anilines is 1. The van der Waals surface area contributed by atoms with E-state index in [2.05, 4.69) is 4.90 Å². The molecule has 0 radical (unpaired) electrons. The zero-order valence-electron chi connectivity index (χ0n) is 19.0. The van der Waals surface area contributed by atoms with E-state index in [9.17, 15) is 8.42 Å². The van der Waals surface area contributed by atoms with E-state index in [0.29, 0.717) is 25.2 Å². The van der Waals surface area contributed by atoms with Crippen molar-refractivity contribution >= 4 is 15.7 Å². The van der Waals surface area contributed by atoms with Crippen LogP contribution in [-0.4, -0.2) is 50.9 Å². The second-order valence-electron chi connectivity index (χ2n) is 9.29. The van der Waals surface area contributed by atoms with Crippen LogP contribution in [0.1, 0.15) is 49.0 Å². The Morgan fingerprint density at radius 1 is 1.03 bits per heavy atom. The van der Waals surface area contributed by atoms with Crippen LogP contribution in [0.3, 0.4) is 0 Å². The van der Waals surface area contributed by atoms with Crippen molar-refractivity contribution < 1.29 is 22.3 Å². The van der Waals surface area contributed by atoms with Crippen LogP contribution < -0.4 is 4.90 Å². The summed E-state index contributed by atoms with van der Waals surface area (Å²) in [4.78, 5) is 2.13. The maximum Gasteiger partial charge on any atom is 0.221 e. The first-order valence-electron chi connectivity index (χ1n) is 11.7. The van der Waals surface area contributed by atoms with Crippen molar-refractivity contribution in [1.29, 1.82) is 0 Å². The first kappa shape index (κ1) is 22.8. The molecule has 5 rings (SSSR count). The van der Waals surface area contributed by atoms with Crippen LogP contribution in [0.15, 0.2) is 48.5 Å².